The zero-order valence-corrected chi connectivity index (χ0v) is 8.88. The molecule has 0 atom stereocenters. The molecular weight excluding hydrogens is 208 g/mol. The maximum atomic E-state index is 10.8. The minimum Gasteiger partial charge on any atom is -0.478 e. The lowest BCUT2D eigenvalue weighted by Gasteiger charge is -2.05. The minimum atomic E-state index is -0.933. The van der Waals surface area contributed by atoms with E-state index in [0.717, 1.165) is 5.69 Å². The van der Waals surface area contributed by atoms with Crippen LogP contribution in [0.2, 0.25) is 0 Å². The summed E-state index contributed by atoms with van der Waals surface area (Å²) < 4.78 is 1.55. The molecule has 0 radical (unpaired) electrons. The van der Waals surface area contributed by atoms with Gasteiger partial charge in [-0.25, -0.2) is 4.79 Å². The number of hydrogen-bond acceptors (Lipinski definition) is 4. The molecule has 82 valence electrons. The highest BCUT2D eigenvalue weighted by molar-refractivity contribution is 5.89. The fourth-order valence-corrected chi connectivity index (χ4v) is 1.49. The van der Waals surface area contributed by atoms with Crippen molar-refractivity contribution < 1.29 is 9.90 Å². The number of carbonyl (C=O) groups is 1. The molecule has 0 saturated carbocycles. The van der Waals surface area contributed by atoms with Crippen LogP contribution in [0.1, 0.15) is 21.7 Å². The molecule has 2 aromatic rings. The van der Waals surface area contributed by atoms with Crippen LogP contribution in [0.4, 0.5) is 0 Å². The van der Waals surface area contributed by atoms with Crippen molar-refractivity contribution in [3.05, 3.63) is 35.2 Å². The lowest BCUT2D eigenvalue weighted by atomic mass is 10.1. The fourth-order valence-electron chi connectivity index (χ4n) is 1.49. The average Bonchev–Trinajstić information content (AvgIpc) is 2.63. The number of carboxylic acids is 1. The average molecular weight is 218 g/mol. The number of aromatic nitrogens is 4. The molecule has 0 spiro atoms. The Morgan fingerprint density at radius 3 is 2.62 bits per heavy atom. The second kappa shape index (κ2) is 3.73. The number of tetrazole rings is 1. The summed E-state index contributed by atoms with van der Waals surface area (Å²) in [7, 11) is 0. The third kappa shape index (κ3) is 1.65. The second-order valence-corrected chi connectivity index (χ2v) is 3.44. The Labute approximate surface area is 91.5 Å². The highest BCUT2D eigenvalue weighted by atomic mass is 16.4. The van der Waals surface area contributed by atoms with E-state index in [4.69, 9.17) is 5.11 Å². The van der Waals surface area contributed by atoms with Gasteiger partial charge in [0.1, 0.15) is 0 Å². The van der Waals surface area contributed by atoms with Crippen molar-refractivity contribution in [2.75, 3.05) is 0 Å². The van der Waals surface area contributed by atoms with Crippen LogP contribution in [-0.4, -0.2) is 31.3 Å². The fraction of sp³-hybridized carbons (Fsp3) is 0.200. The van der Waals surface area contributed by atoms with E-state index in [1.54, 1.807) is 36.7 Å². The maximum absolute atomic E-state index is 10.8. The van der Waals surface area contributed by atoms with Gasteiger partial charge in [0.15, 0.2) is 5.82 Å². The predicted molar refractivity (Wildman–Crippen MR) is 55.6 cm³/mol. The Hall–Kier alpha value is -2.24. The third-order valence-electron chi connectivity index (χ3n) is 2.31. The van der Waals surface area contributed by atoms with Gasteiger partial charge >= 0.3 is 5.97 Å². The summed E-state index contributed by atoms with van der Waals surface area (Å²) in [5.74, 6) is -0.278. The molecule has 0 fully saturated rings. The molecule has 0 amide bonds. The van der Waals surface area contributed by atoms with Gasteiger partial charge in [0.2, 0.25) is 0 Å². The molecule has 0 saturated heterocycles. The Balaban J connectivity index is 2.50. The Morgan fingerprint density at radius 1 is 1.38 bits per heavy atom. The van der Waals surface area contributed by atoms with Crippen LogP contribution in [0.3, 0.4) is 0 Å². The van der Waals surface area contributed by atoms with Crippen molar-refractivity contribution in [2.45, 2.75) is 13.8 Å². The van der Waals surface area contributed by atoms with Crippen molar-refractivity contribution in [1.82, 2.24) is 20.2 Å². The van der Waals surface area contributed by atoms with E-state index in [-0.39, 0.29) is 5.56 Å². The first-order chi connectivity index (χ1) is 7.59. The zero-order valence-electron chi connectivity index (χ0n) is 8.88. The summed E-state index contributed by atoms with van der Waals surface area (Å²) in [5, 5.41) is 20.0. The molecule has 1 aromatic heterocycles. The molecular formula is C10H10N4O2. The Kier molecular flexibility index (Phi) is 2.40. The summed E-state index contributed by atoms with van der Waals surface area (Å²) in [4.78, 5) is 10.8. The van der Waals surface area contributed by atoms with Gasteiger partial charge in [-0.2, -0.15) is 4.68 Å². The topological polar surface area (TPSA) is 80.9 Å². The summed E-state index contributed by atoms with van der Waals surface area (Å²) in [6, 6.07) is 4.97. The van der Waals surface area contributed by atoms with E-state index in [0.29, 0.717) is 11.4 Å². The van der Waals surface area contributed by atoms with Crippen LogP contribution in [0.15, 0.2) is 18.2 Å². The lowest BCUT2D eigenvalue weighted by Crippen LogP contribution is -2.04. The number of rotatable bonds is 2. The highest BCUT2D eigenvalue weighted by Crippen LogP contribution is 2.14. The molecule has 0 bridgehead atoms. The molecule has 0 aliphatic rings. The quantitative estimate of drug-likeness (QED) is 0.812. The Morgan fingerprint density at radius 2 is 2.12 bits per heavy atom. The van der Waals surface area contributed by atoms with Crippen LogP contribution in [0.25, 0.3) is 5.69 Å². The molecule has 0 unspecified atom stereocenters. The van der Waals surface area contributed by atoms with E-state index in [1.165, 1.54) is 0 Å². The van der Waals surface area contributed by atoms with Gasteiger partial charge in [0.25, 0.3) is 0 Å². The molecule has 1 N–H and O–H groups in total. The van der Waals surface area contributed by atoms with Crippen LogP contribution < -0.4 is 0 Å². The van der Waals surface area contributed by atoms with Crippen LogP contribution >= 0.6 is 0 Å². The van der Waals surface area contributed by atoms with Gasteiger partial charge in [0.05, 0.1) is 11.3 Å². The smallest absolute Gasteiger partial charge is 0.335 e. The first-order valence-electron chi connectivity index (χ1n) is 4.69. The van der Waals surface area contributed by atoms with Crippen molar-refractivity contribution in [2.24, 2.45) is 0 Å². The van der Waals surface area contributed by atoms with E-state index in [2.05, 4.69) is 15.5 Å². The molecule has 2 rings (SSSR count). The van der Waals surface area contributed by atoms with Gasteiger partial charge in [-0.1, -0.05) is 0 Å². The van der Waals surface area contributed by atoms with E-state index < -0.39 is 5.97 Å². The first-order valence-corrected chi connectivity index (χ1v) is 4.69. The Bertz CT molecular complexity index is 548. The number of benzene rings is 1. The van der Waals surface area contributed by atoms with Crippen molar-refractivity contribution in [1.29, 1.82) is 0 Å². The van der Waals surface area contributed by atoms with Gasteiger partial charge in [-0.05, 0) is 48.0 Å². The monoisotopic (exact) mass is 218 g/mol. The van der Waals surface area contributed by atoms with E-state index in [9.17, 15) is 4.79 Å². The molecule has 0 aliphatic carbocycles. The van der Waals surface area contributed by atoms with E-state index >= 15 is 0 Å². The summed E-state index contributed by atoms with van der Waals surface area (Å²) in [5.41, 5.74) is 1.72. The number of hydrogen-bond donors (Lipinski definition) is 1. The normalized spacial score (nSPS) is 10.4. The molecule has 6 nitrogen and oxygen atoms in total. The minimum absolute atomic E-state index is 0.287. The summed E-state index contributed by atoms with van der Waals surface area (Å²) >= 11 is 0. The zero-order chi connectivity index (χ0) is 11.7. The third-order valence-corrected chi connectivity index (χ3v) is 2.31. The lowest BCUT2D eigenvalue weighted by molar-refractivity contribution is 0.0696. The molecule has 0 aliphatic heterocycles. The van der Waals surface area contributed by atoms with Crippen molar-refractivity contribution in [3.63, 3.8) is 0 Å². The van der Waals surface area contributed by atoms with Crippen LogP contribution in [-0.2, 0) is 0 Å². The van der Waals surface area contributed by atoms with Gasteiger partial charge < -0.3 is 5.11 Å². The summed E-state index contributed by atoms with van der Waals surface area (Å²) in [6.07, 6.45) is 0. The van der Waals surface area contributed by atoms with E-state index in [1.807, 2.05) is 0 Å². The number of aryl methyl sites for hydroxylation is 2. The van der Waals surface area contributed by atoms with Gasteiger partial charge in [0, 0.05) is 0 Å². The van der Waals surface area contributed by atoms with Crippen LogP contribution in [0.5, 0.6) is 0 Å². The van der Waals surface area contributed by atoms with Crippen molar-refractivity contribution >= 4 is 5.97 Å². The van der Waals surface area contributed by atoms with Gasteiger partial charge in [-0.15, -0.1) is 5.10 Å². The predicted octanol–water partition coefficient (Wildman–Crippen LogP) is 0.977. The largest absolute Gasteiger partial charge is 0.478 e. The number of nitrogens with zero attached hydrogens (tertiary/aromatic N) is 4. The highest BCUT2D eigenvalue weighted by Gasteiger charge is 2.09. The number of aromatic carboxylic acids is 1. The maximum Gasteiger partial charge on any atom is 0.335 e. The first kappa shape index (κ1) is 10.3. The molecule has 1 aromatic carbocycles. The number of carboxylic acid groups (broad SMARTS) is 1. The van der Waals surface area contributed by atoms with Gasteiger partial charge in [-0.3, -0.25) is 0 Å². The molecule has 6 heteroatoms. The summed E-state index contributed by atoms with van der Waals surface area (Å²) in [6.45, 7) is 3.52. The van der Waals surface area contributed by atoms with Crippen molar-refractivity contribution in [3.8, 4) is 5.69 Å². The van der Waals surface area contributed by atoms with Crippen LogP contribution in [0, 0.1) is 13.8 Å². The SMILES string of the molecule is Cc1cc(-n2nnnc2C)ccc1C(=O)O. The standard InChI is InChI=1S/C10H10N4O2/c1-6-5-8(3-4-9(6)10(15)16)14-7(2)11-12-13-14/h3-5H,1-2H3,(H,15,16). The molecule has 16 heavy (non-hydrogen) atoms. The second-order valence-electron chi connectivity index (χ2n) is 3.44. The molecule has 1 heterocycles.